The molecule has 0 aliphatic carbocycles. The van der Waals surface area contributed by atoms with Crippen molar-refractivity contribution >= 4 is 17.9 Å². The standard InChI is InChI=1S/C77H138O6/c1-4-7-10-13-16-19-22-25-28-29-30-31-32-33-34-35-36-37-38-39-40-41-42-43-44-45-46-47-50-52-55-58-61-64-67-70-76(79)82-73-74(83-77(80)71-68-65-62-59-56-53-49-27-24-21-18-15-12-9-6-3)72-81-75(78)69-66-63-60-57-54-51-48-26-23-20-17-14-11-8-5-2/h17-18,20-22,25-27,29-30,48-49,74H,4-16,19,23-24,28,31-47,50-73H2,1-3H3/b20-17-,21-18-,25-22-,30-29-,48-26-,49-27-. The lowest BCUT2D eigenvalue weighted by atomic mass is 10.0. The summed E-state index contributed by atoms with van der Waals surface area (Å²) in [6.45, 7) is 6.60. The van der Waals surface area contributed by atoms with Gasteiger partial charge in [0.1, 0.15) is 13.2 Å². The number of unbranched alkanes of at least 4 members (excludes halogenated alkanes) is 44. The van der Waals surface area contributed by atoms with Crippen molar-refractivity contribution in [2.75, 3.05) is 13.2 Å². The Kier molecular flexibility index (Phi) is 68.6. The number of hydrogen-bond acceptors (Lipinski definition) is 6. The number of carbonyl (C=O) groups excluding carboxylic acids is 3. The van der Waals surface area contributed by atoms with E-state index in [2.05, 4.69) is 93.7 Å². The molecule has 0 heterocycles. The zero-order valence-electron chi connectivity index (χ0n) is 55.5. The lowest BCUT2D eigenvalue weighted by molar-refractivity contribution is -0.167. The second-order valence-electron chi connectivity index (χ2n) is 24.5. The molecular formula is C77H138O6. The van der Waals surface area contributed by atoms with Crippen LogP contribution in [0.5, 0.6) is 0 Å². The molecule has 6 heteroatoms. The highest BCUT2D eigenvalue weighted by Crippen LogP contribution is 2.18. The van der Waals surface area contributed by atoms with E-state index in [4.69, 9.17) is 14.2 Å². The van der Waals surface area contributed by atoms with E-state index in [1.165, 1.54) is 231 Å². The van der Waals surface area contributed by atoms with Gasteiger partial charge < -0.3 is 14.2 Å². The SMILES string of the molecule is CCCCC/C=C\C/C=C\CCCCCCCC(=O)OCC(COC(=O)CCCCCCCCCCCCCCCCCCCCCCCCC/C=C\C/C=C\CCCCCCC)OC(=O)CCCCCCC/C=C\C/C=C\CCCCC. The van der Waals surface area contributed by atoms with E-state index >= 15 is 0 Å². The lowest BCUT2D eigenvalue weighted by Gasteiger charge is -2.18. The van der Waals surface area contributed by atoms with Gasteiger partial charge in [-0.25, -0.2) is 0 Å². The molecule has 0 aliphatic rings. The second kappa shape index (κ2) is 71.3. The number of carbonyl (C=O) groups is 3. The van der Waals surface area contributed by atoms with Crippen molar-refractivity contribution < 1.29 is 28.6 Å². The van der Waals surface area contributed by atoms with Gasteiger partial charge in [0.2, 0.25) is 0 Å². The largest absolute Gasteiger partial charge is 0.462 e. The Labute approximate surface area is 516 Å². The first-order chi connectivity index (χ1) is 41.0. The predicted octanol–water partition coefficient (Wildman–Crippen LogP) is 25.2. The first-order valence-electron chi connectivity index (χ1n) is 36.4. The Morgan fingerprint density at radius 1 is 0.241 bits per heavy atom. The van der Waals surface area contributed by atoms with Crippen LogP contribution in [0.15, 0.2) is 72.9 Å². The van der Waals surface area contributed by atoms with Gasteiger partial charge in [0.25, 0.3) is 0 Å². The van der Waals surface area contributed by atoms with Gasteiger partial charge in [-0.3, -0.25) is 14.4 Å². The number of allylic oxidation sites excluding steroid dienone is 12. The summed E-state index contributed by atoms with van der Waals surface area (Å²) in [7, 11) is 0. The highest BCUT2D eigenvalue weighted by atomic mass is 16.6. The van der Waals surface area contributed by atoms with Crippen molar-refractivity contribution in [2.45, 2.75) is 386 Å². The summed E-state index contributed by atoms with van der Waals surface area (Å²) in [5.74, 6) is -0.891. The zero-order chi connectivity index (χ0) is 59.9. The van der Waals surface area contributed by atoms with Gasteiger partial charge in [-0.05, 0) is 116 Å². The average Bonchev–Trinajstić information content (AvgIpc) is 3.49. The Balaban J connectivity index is 4.11. The third kappa shape index (κ3) is 69.5. The third-order valence-electron chi connectivity index (χ3n) is 16.2. The molecule has 482 valence electrons. The second-order valence-corrected chi connectivity index (χ2v) is 24.5. The Bertz CT molecular complexity index is 1520. The highest BCUT2D eigenvalue weighted by Gasteiger charge is 2.19. The maximum absolute atomic E-state index is 12.9. The molecule has 0 N–H and O–H groups in total. The number of esters is 3. The van der Waals surface area contributed by atoms with Gasteiger partial charge in [-0.15, -0.1) is 0 Å². The minimum Gasteiger partial charge on any atom is -0.462 e. The summed E-state index contributed by atoms with van der Waals surface area (Å²) in [4.78, 5) is 38.4. The van der Waals surface area contributed by atoms with Crippen LogP contribution in [0.2, 0.25) is 0 Å². The first kappa shape index (κ1) is 79.8. The van der Waals surface area contributed by atoms with Crippen molar-refractivity contribution in [1.82, 2.24) is 0 Å². The van der Waals surface area contributed by atoms with Gasteiger partial charge in [0.15, 0.2) is 6.10 Å². The predicted molar refractivity (Wildman–Crippen MR) is 362 cm³/mol. The van der Waals surface area contributed by atoms with E-state index in [-0.39, 0.29) is 31.1 Å². The van der Waals surface area contributed by atoms with Crippen molar-refractivity contribution in [3.8, 4) is 0 Å². The smallest absolute Gasteiger partial charge is 0.306 e. The monoisotopic (exact) mass is 1160 g/mol. The van der Waals surface area contributed by atoms with Crippen LogP contribution in [0.1, 0.15) is 380 Å². The van der Waals surface area contributed by atoms with Gasteiger partial charge in [-0.1, -0.05) is 318 Å². The van der Waals surface area contributed by atoms with E-state index < -0.39 is 6.10 Å². The van der Waals surface area contributed by atoms with E-state index in [1.807, 2.05) is 0 Å². The molecule has 0 radical (unpaired) electrons. The summed E-state index contributed by atoms with van der Waals surface area (Å²) in [6, 6.07) is 0. The topological polar surface area (TPSA) is 78.9 Å². The molecule has 0 fully saturated rings. The molecule has 0 rings (SSSR count). The van der Waals surface area contributed by atoms with Gasteiger partial charge >= 0.3 is 17.9 Å². The molecule has 0 saturated heterocycles. The molecule has 0 spiro atoms. The fraction of sp³-hybridized carbons (Fsp3) is 0.805. The quantitative estimate of drug-likeness (QED) is 0.0261. The molecular weight excluding hydrogens is 1020 g/mol. The summed E-state index contributed by atoms with van der Waals surface area (Å²) in [6.07, 6.45) is 93.8. The molecule has 0 saturated carbocycles. The van der Waals surface area contributed by atoms with Crippen LogP contribution in [-0.2, 0) is 28.6 Å². The molecule has 83 heavy (non-hydrogen) atoms. The van der Waals surface area contributed by atoms with Crippen LogP contribution in [0.4, 0.5) is 0 Å². The normalized spacial score (nSPS) is 12.5. The molecule has 0 amide bonds. The molecule has 0 aromatic heterocycles. The van der Waals surface area contributed by atoms with E-state index in [1.54, 1.807) is 0 Å². The van der Waals surface area contributed by atoms with E-state index in [0.717, 1.165) is 109 Å². The number of hydrogen-bond donors (Lipinski definition) is 0. The molecule has 1 unspecified atom stereocenters. The Morgan fingerprint density at radius 3 is 0.687 bits per heavy atom. The summed E-state index contributed by atoms with van der Waals surface area (Å²) in [5.41, 5.74) is 0. The highest BCUT2D eigenvalue weighted by molar-refractivity contribution is 5.71. The lowest BCUT2D eigenvalue weighted by Crippen LogP contribution is -2.30. The van der Waals surface area contributed by atoms with Gasteiger partial charge in [0, 0.05) is 19.3 Å². The fourth-order valence-electron chi connectivity index (χ4n) is 10.7. The summed E-state index contributed by atoms with van der Waals surface area (Å²) < 4.78 is 16.9. The van der Waals surface area contributed by atoms with Crippen molar-refractivity contribution in [2.24, 2.45) is 0 Å². The maximum Gasteiger partial charge on any atom is 0.306 e. The van der Waals surface area contributed by atoms with Crippen molar-refractivity contribution in [1.29, 1.82) is 0 Å². The first-order valence-corrected chi connectivity index (χ1v) is 36.4. The minimum atomic E-state index is -0.788. The van der Waals surface area contributed by atoms with Crippen LogP contribution in [0.25, 0.3) is 0 Å². The van der Waals surface area contributed by atoms with E-state index in [9.17, 15) is 14.4 Å². The Hall–Kier alpha value is -3.15. The number of rotatable bonds is 67. The fourth-order valence-corrected chi connectivity index (χ4v) is 10.7. The number of ether oxygens (including phenoxy) is 3. The molecule has 0 aromatic carbocycles. The third-order valence-corrected chi connectivity index (χ3v) is 16.2. The summed E-state index contributed by atoms with van der Waals surface area (Å²) in [5, 5.41) is 0. The van der Waals surface area contributed by atoms with Gasteiger partial charge in [-0.2, -0.15) is 0 Å². The van der Waals surface area contributed by atoms with Crippen LogP contribution < -0.4 is 0 Å². The molecule has 0 aromatic rings. The zero-order valence-corrected chi connectivity index (χ0v) is 55.5. The van der Waals surface area contributed by atoms with E-state index in [0.29, 0.717) is 19.3 Å². The van der Waals surface area contributed by atoms with Crippen molar-refractivity contribution in [3.05, 3.63) is 72.9 Å². The van der Waals surface area contributed by atoms with Crippen LogP contribution in [0, 0.1) is 0 Å². The summed E-state index contributed by atoms with van der Waals surface area (Å²) >= 11 is 0. The maximum atomic E-state index is 12.9. The average molecular weight is 1160 g/mol. The Morgan fingerprint density at radius 2 is 0.434 bits per heavy atom. The molecule has 0 aliphatic heterocycles. The van der Waals surface area contributed by atoms with Crippen LogP contribution >= 0.6 is 0 Å². The minimum absolute atomic E-state index is 0.0821. The van der Waals surface area contributed by atoms with Crippen LogP contribution in [0.3, 0.4) is 0 Å². The molecule has 0 bridgehead atoms. The van der Waals surface area contributed by atoms with Crippen LogP contribution in [-0.4, -0.2) is 37.2 Å². The van der Waals surface area contributed by atoms with Gasteiger partial charge in [0.05, 0.1) is 0 Å². The van der Waals surface area contributed by atoms with Crippen molar-refractivity contribution in [3.63, 3.8) is 0 Å². The molecule has 6 nitrogen and oxygen atoms in total. The molecule has 1 atom stereocenters.